The molecule has 20 heavy (non-hydrogen) atoms. The molecule has 0 saturated carbocycles. The highest BCUT2D eigenvalue weighted by Gasteiger charge is 2.11. The minimum Gasteiger partial charge on any atom is -0.491 e. The van der Waals surface area contributed by atoms with Crippen molar-refractivity contribution >= 4 is 5.69 Å². The van der Waals surface area contributed by atoms with E-state index >= 15 is 0 Å². The van der Waals surface area contributed by atoms with Gasteiger partial charge in [-0.3, -0.25) is 4.90 Å². The summed E-state index contributed by atoms with van der Waals surface area (Å²) in [6.45, 7) is 4.44. The molecule has 1 aromatic carbocycles. The van der Waals surface area contributed by atoms with E-state index in [-0.39, 0.29) is 13.2 Å². The number of ether oxygens (including phenoxy) is 1. The van der Waals surface area contributed by atoms with Gasteiger partial charge in [-0.15, -0.1) is 0 Å². The fourth-order valence-corrected chi connectivity index (χ4v) is 1.92. The van der Waals surface area contributed by atoms with Crippen molar-refractivity contribution in [2.75, 3.05) is 38.6 Å². The molecule has 0 aliphatic heterocycles. The molecular formula is C15H26N2O3. The number of hydrogen-bond donors (Lipinski definition) is 3. The number of unbranched alkanes of at least 4 members (excludes halogenated alkanes) is 1. The van der Waals surface area contributed by atoms with Gasteiger partial charge in [0.25, 0.3) is 0 Å². The van der Waals surface area contributed by atoms with Crippen molar-refractivity contribution in [3.63, 3.8) is 0 Å². The average Bonchev–Trinajstić information content (AvgIpc) is 2.44. The maximum Gasteiger partial charge on any atom is 0.119 e. The predicted molar refractivity (Wildman–Crippen MR) is 80.8 cm³/mol. The van der Waals surface area contributed by atoms with Crippen LogP contribution in [0.3, 0.4) is 0 Å². The maximum atomic E-state index is 9.99. The first kappa shape index (κ1) is 16.8. The Hall–Kier alpha value is -1.30. The van der Waals surface area contributed by atoms with E-state index in [1.165, 1.54) is 0 Å². The number of aliphatic hydroxyl groups excluding tert-OH is 2. The molecule has 0 fully saturated rings. The number of hydrogen-bond acceptors (Lipinski definition) is 5. The SMILES string of the molecule is CCCCN(CCO)CC(O)COc1ccc(N)cc1. The lowest BCUT2D eigenvalue weighted by atomic mass is 10.2. The predicted octanol–water partition coefficient (Wildman–Crippen LogP) is 1.10. The number of aliphatic hydroxyl groups is 2. The largest absolute Gasteiger partial charge is 0.491 e. The second-order valence-corrected chi connectivity index (χ2v) is 4.91. The second kappa shape index (κ2) is 9.58. The molecule has 5 nitrogen and oxygen atoms in total. The summed E-state index contributed by atoms with van der Waals surface area (Å²) in [4.78, 5) is 2.06. The summed E-state index contributed by atoms with van der Waals surface area (Å²) in [5.74, 6) is 0.695. The van der Waals surface area contributed by atoms with E-state index in [0.29, 0.717) is 24.5 Å². The van der Waals surface area contributed by atoms with Gasteiger partial charge in [-0.1, -0.05) is 13.3 Å². The quantitative estimate of drug-likeness (QED) is 0.560. The Morgan fingerprint density at radius 1 is 1.25 bits per heavy atom. The molecule has 0 heterocycles. The maximum absolute atomic E-state index is 9.99. The number of rotatable bonds is 10. The fraction of sp³-hybridized carbons (Fsp3) is 0.600. The number of benzene rings is 1. The molecule has 0 amide bonds. The topological polar surface area (TPSA) is 79.0 Å². The molecule has 1 atom stereocenters. The van der Waals surface area contributed by atoms with Crippen molar-refractivity contribution in [1.29, 1.82) is 0 Å². The number of nitrogen functional groups attached to an aromatic ring is 1. The molecule has 0 aromatic heterocycles. The van der Waals surface area contributed by atoms with Crippen LogP contribution in [0.5, 0.6) is 5.75 Å². The Balaban J connectivity index is 2.32. The number of nitrogens with two attached hydrogens (primary N) is 1. The van der Waals surface area contributed by atoms with Crippen LogP contribution in [0.1, 0.15) is 19.8 Å². The van der Waals surface area contributed by atoms with Crippen molar-refractivity contribution in [2.24, 2.45) is 0 Å². The Kier molecular flexibility index (Phi) is 8.02. The van der Waals surface area contributed by atoms with E-state index < -0.39 is 6.10 Å². The summed E-state index contributed by atoms with van der Waals surface area (Å²) in [7, 11) is 0. The lowest BCUT2D eigenvalue weighted by Gasteiger charge is -2.24. The molecule has 0 aliphatic rings. The zero-order valence-electron chi connectivity index (χ0n) is 12.2. The first-order valence-electron chi connectivity index (χ1n) is 7.15. The van der Waals surface area contributed by atoms with Crippen molar-refractivity contribution in [3.05, 3.63) is 24.3 Å². The summed E-state index contributed by atoms with van der Waals surface area (Å²) < 4.78 is 5.51. The van der Waals surface area contributed by atoms with Gasteiger partial charge >= 0.3 is 0 Å². The molecule has 4 N–H and O–H groups in total. The highest BCUT2D eigenvalue weighted by molar-refractivity contribution is 5.41. The van der Waals surface area contributed by atoms with Gasteiger partial charge in [-0.05, 0) is 37.2 Å². The van der Waals surface area contributed by atoms with E-state index in [4.69, 9.17) is 15.6 Å². The standard InChI is InChI=1S/C15H26N2O3/c1-2-3-8-17(9-10-18)11-14(19)12-20-15-6-4-13(16)5-7-15/h4-7,14,18-19H,2-3,8-12,16H2,1H3. The third kappa shape index (κ3) is 6.75. The van der Waals surface area contributed by atoms with Gasteiger partial charge in [0, 0.05) is 18.8 Å². The van der Waals surface area contributed by atoms with Crippen molar-refractivity contribution in [3.8, 4) is 5.75 Å². The molecule has 0 radical (unpaired) electrons. The molecular weight excluding hydrogens is 256 g/mol. The van der Waals surface area contributed by atoms with Crippen LogP contribution < -0.4 is 10.5 Å². The van der Waals surface area contributed by atoms with Crippen LogP contribution in [0.25, 0.3) is 0 Å². The summed E-state index contributed by atoms with van der Waals surface area (Å²) in [5.41, 5.74) is 6.28. The van der Waals surface area contributed by atoms with E-state index in [2.05, 4.69) is 11.8 Å². The molecule has 0 bridgehead atoms. The number of anilines is 1. The molecule has 1 rings (SSSR count). The van der Waals surface area contributed by atoms with E-state index in [9.17, 15) is 5.11 Å². The van der Waals surface area contributed by atoms with Crippen LogP contribution in [-0.2, 0) is 0 Å². The Morgan fingerprint density at radius 3 is 2.55 bits per heavy atom. The second-order valence-electron chi connectivity index (χ2n) is 4.91. The lowest BCUT2D eigenvalue weighted by molar-refractivity contribution is 0.0613. The minimum absolute atomic E-state index is 0.106. The molecule has 1 unspecified atom stereocenters. The monoisotopic (exact) mass is 282 g/mol. The summed E-state index contributed by atoms with van der Waals surface area (Å²) >= 11 is 0. The van der Waals surface area contributed by atoms with Crippen LogP contribution in [0.15, 0.2) is 24.3 Å². The molecule has 114 valence electrons. The summed E-state index contributed by atoms with van der Waals surface area (Å²) in [6, 6.07) is 7.09. The third-order valence-corrected chi connectivity index (χ3v) is 3.04. The van der Waals surface area contributed by atoms with E-state index in [1.807, 2.05) is 0 Å². The normalized spacial score (nSPS) is 12.6. The van der Waals surface area contributed by atoms with Gasteiger partial charge < -0.3 is 20.7 Å². The van der Waals surface area contributed by atoms with Gasteiger partial charge in [-0.2, -0.15) is 0 Å². The molecule has 0 spiro atoms. The van der Waals surface area contributed by atoms with E-state index in [1.54, 1.807) is 24.3 Å². The van der Waals surface area contributed by atoms with Crippen LogP contribution in [0, 0.1) is 0 Å². The van der Waals surface area contributed by atoms with Gasteiger partial charge in [0.1, 0.15) is 18.5 Å². The van der Waals surface area contributed by atoms with E-state index in [0.717, 1.165) is 19.4 Å². The minimum atomic E-state index is -0.573. The van der Waals surface area contributed by atoms with Gasteiger partial charge in [0.15, 0.2) is 0 Å². The third-order valence-electron chi connectivity index (χ3n) is 3.04. The first-order valence-corrected chi connectivity index (χ1v) is 7.15. The zero-order chi connectivity index (χ0) is 14.8. The van der Waals surface area contributed by atoms with Gasteiger partial charge in [0.05, 0.1) is 6.61 Å². The van der Waals surface area contributed by atoms with Crippen LogP contribution in [0.4, 0.5) is 5.69 Å². The summed E-state index contributed by atoms with van der Waals surface area (Å²) in [6.07, 6.45) is 1.59. The van der Waals surface area contributed by atoms with Crippen LogP contribution in [-0.4, -0.2) is 54.1 Å². The highest BCUT2D eigenvalue weighted by atomic mass is 16.5. The smallest absolute Gasteiger partial charge is 0.119 e. The van der Waals surface area contributed by atoms with Crippen LogP contribution >= 0.6 is 0 Å². The van der Waals surface area contributed by atoms with Gasteiger partial charge in [-0.25, -0.2) is 0 Å². The molecule has 1 aromatic rings. The molecule has 0 aliphatic carbocycles. The zero-order valence-corrected chi connectivity index (χ0v) is 12.2. The Bertz CT molecular complexity index is 357. The van der Waals surface area contributed by atoms with Gasteiger partial charge in [0.2, 0.25) is 0 Å². The van der Waals surface area contributed by atoms with Crippen molar-refractivity contribution in [1.82, 2.24) is 4.90 Å². The average molecular weight is 282 g/mol. The first-order chi connectivity index (χ1) is 9.65. The fourth-order valence-electron chi connectivity index (χ4n) is 1.92. The number of nitrogens with zero attached hydrogens (tertiary/aromatic N) is 1. The molecule has 0 saturated heterocycles. The summed E-state index contributed by atoms with van der Waals surface area (Å²) in [5, 5.41) is 19.0. The molecule has 5 heteroatoms. The highest BCUT2D eigenvalue weighted by Crippen LogP contribution is 2.13. The van der Waals surface area contributed by atoms with Crippen molar-refractivity contribution in [2.45, 2.75) is 25.9 Å². The lowest BCUT2D eigenvalue weighted by Crippen LogP contribution is -2.37. The Labute approximate surface area is 121 Å². The Morgan fingerprint density at radius 2 is 1.95 bits per heavy atom. The van der Waals surface area contributed by atoms with Crippen molar-refractivity contribution < 1.29 is 14.9 Å². The van der Waals surface area contributed by atoms with Crippen LogP contribution in [0.2, 0.25) is 0 Å².